The lowest BCUT2D eigenvalue weighted by molar-refractivity contribution is -0.161. The van der Waals surface area contributed by atoms with E-state index >= 15 is 0 Å². The molecule has 0 spiro atoms. The summed E-state index contributed by atoms with van der Waals surface area (Å²) in [5.41, 5.74) is -0.338. The first-order chi connectivity index (χ1) is 5.52. The highest BCUT2D eigenvalue weighted by atomic mass is 16.3. The molecule has 0 amide bonds. The van der Waals surface area contributed by atoms with Gasteiger partial charge in [-0.15, -0.1) is 0 Å². The van der Waals surface area contributed by atoms with Crippen LogP contribution in [0.25, 0.3) is 0 Å². The molecule has 1 saturated carbocycles. The molecule has 1 aliphatic rings. The Morgan fingerprint density at radius 3 is 2.42 bits per heavy atom. The van der Waals surface area contributed by atoms with Crippen molar-refractivity contribution in [2.24, 2.45) is 17.8 Å². The van der Waals surface area contributed by atoms with Gasteiger partial charge in [-0.05, 0) is 30.6 Å². The maximum Gasteiger partial charge on any atom is 0.0703 e. The minimum absolute atomic E-state index is 0.338. The molecule has 4 atom stereocenters. The van der Waals surface area contributed by atoms with E-state index in [2.05, 4.69) is 27.7 Å². The van der Waals surface area contributed by atoms with Gasteiger partial charge in [-0.3, -0.25) is 0 Å². The van der Waals surface area contributed by atoms with Gasteiger partial charge in [-0.2, -0.15) is 0 Å². The summed E-state index contributed by atoms with van der Waals surface area (Å²) in [7, 11) is 0. The van der Waals surface area contributed by atoms with Gasteiger partial charge in [0.05, 0.1) is 5.60 Å². The second-order valence-corrected chi connectivity index (χ2v) is 4.65. The zero-order valence-electron chi connectivity index (χ0n) is 8.80. The normalized spacial score (nSPS) is 43.8. The molecule has 0 bridgehead atoms. The van der Waals surface area contributed by atoms with Crippen LogP contribution >= 0.6 is 0 Å². The summed E-state index contributed by atoms with van der Waals surface area (Å²) in [4.78, 5) is 0. The van der Waals surface area contributed by atoms with Crippen LogP contribution in [0.5, 0.6) is 0 Å². The summed E-state index contributed by atoms with van der Waals surface area (Å²) >= 11 is 0. The maximum absolute atomic E-state index is 10.2. The molecule has 12 heavy (non-hydrogen) atoms. The Morgan fingerprint density at radius 2 is 2.08 bits per heavy atom. The second-order valence-electron chi connectivity index (χ2n) is 4.65. The Kier molecular flexibility index (Phi) is 2.82. The van der Waals surface area contributed by atoms with Gasteiger partial charge in [0.25, 0.3) is 0 Å². The third-order valence-corrected chi connectivity index (χ3v) is 3.87. The van der Waals surface area contributed by atoms with Crippen molar-refractivity contribution in [3.8, 4) is 0 Å². The molecule has 1 heteroatoms. The minimum atomic E-state index is -0.338. The van der Waals surface area contributed by atoms with E-state index in [0.717, 1.165) is 12.8 Å². The first-order valence-electron chi connectivity index (χ1n) is 5.24. The molecule has 0 radical (unpaired) electrons. The van der Waals surface area contributed by atoms with Crippen LogP contribution in [0, 0.1) is 17.8 Å². The van der Waals surface area contributed by atoms with Crippen LogP contribution in [0.2, 0.25) is 0 Å². The fraction of sp³-hybridized carbons (Fsp3) is 1.00. The standard InChI is InChI=1S/C11H22O/c1-5-6-9(3)11(12)7-8(2)10(11)4/h8-10,12H,5-7H2,1-4H3. The number of hydrogen-bond donors (Lipinski definition) is 1. The Hall–Kier alpha value is -0.0400. The van der Waals surface area contributed by atoms with Crippen molar-refractivity contribution in [1.82, 2.24) is 0 Å². The maximum atomic E-state index is 10.2. The summed E-state index contributed by atoms with van der Waals surface area (Å²) in [6.07, 6.45) is 3.35. The molecular formula is C11H22O. The van der Waals surface area contributed by atoms with Crippen molar-refractivity contribution in [1.29, 1.82) is 0 Å². The van der Waals surface area contributed by atoms with Crippen LogP contribution in [0.4, 0.5) is 0 Å². The zero-order chi connectivity index (χ0) is 9.35. The number of hydrogen-bond acceptors (Lipinski definition) is 1. The van der Waals surface area contributed by atoms with E-state index in [0.29, 0.717) is 17.8 Å². The van der Waals surface area contributed by atoms with Gasteiger partial charge in [0.15, 0.2) is 0 Å². The van der Waals surface area contributed by atoms with Crippen molar-refractivity contribution < 1.29 is 5.11 Å². The summed E-state index contributed by atoms with van der Waals surface area (Å²) in [6, 6.07) is 0. The van der Waals surface area contributed by atoms with Crippen LogP contribution in [0.3, 0.4) is 0 Å². The molecule has 1 nitrogen and oxygen atoms in total. The third kappa shape index (κ3) is 1.39. The predicted octanol–water partition coefficient (Wildman–Crippen LogP) is 2.83. The van der Waals surface area contributed by atoms with E-state index in [9.17, 15) is 5.11 Å². The lowest BCUT2D eigenvalue weighted by atomic mass is 9.57. The topological polar surface area (TPSA) is 20.2 Å². The van der Waals surface area contributed by atoms with Gasteiger partial charge in [-0.25, -0.2) is 0 Å². The van der Waals surface area contributed by atoms with Crippen LogP contribution in [0.15, 0.2) is 0 Å². The van der Waals surface area contributed by atoms with E-state index in [1.807, 2.05) is 0 Å². The molecule has 1 fully saturated rings. The monoisotopic (exact) mass is 170 g/mol. The zero-order valence-corrected chi connectivity index (χ0v) is 8.80. The predicted molar refractivity (Wildman–Crippen MR) is 52.0 cm³/mol. The third-order valence-electron chi connectivity index (χ3n) is 3.87. The van der Waals surface area contributed by atoms with Gasteiger partial charge >= 0.3 is 0 Å². The van der Waals surface area contributed by atoms with Gasteiger partial charge in [-0.1, -0.05) is 34.1 Å². The summed E-state index contributed by atoms with van der Waals surface area (Å²) < 4.78 is 0. The van der Waals surface area contributed by atoms with E-state index in [1.165, 1.54) is 6.42 Å². The van der Waals surface area contributed by atoms with Crippen LogP contribution in [-0.2, 0) is 0 Å². The van der Waals surface area contributed by atoms with Gasteiger partial charge < -0.3 is 5.11 Å². The van der Waals surface area contributed by atoms with Crippen molar-refractivity contribution in [2.45, 2.75) is 52.6 Å². The number of aliphatic hydroxyl groups is 1. The van der Waals surface area contributed by atoms with Gasteiger partial charge in [0.2, 0.25) is 0 Å². The largest absolute Gasteiger partial charge is 0.389 e. The minimum Gasteiger partial charge on any atom is -0.389 e. The average Bonchev–Trinajstić information content (AvgIpc) is 2.04. The van der Waals surface area contributed by atoms with Crippen molar-refractivity contribution >= 4 is 0 Å². The molecule has 0 saturated heterocycles. The summed E-state index contributed by atoms with van der Waals surface area (Å²) in [5.74, 6) is 1.70. The van der Waals surface area contributed by atoms with Crippen LogP contribution in [-0.4, -0.2) is 10.7 Å². The van der Waals surface area contributed by atoms with Gasteiger partial charge in [0.1, 0.15) is 0 Å². The molecule has 72 valence electrons. The van der Waals surface area contributed by atoms with Gasteiger partial charge in [0, 0.05) is 0 Å². The molecule has 0 aliphatic heterocycles. The highest BCUT2D eigenvalue weighted by Crippen LogP contribution is 2.48. The van der Waals surface area contributed by atoms with Crippen LogP contribution < -0.4 is 0 Å². The SMILES string of the molecule is CCCC(C)C1(O)CC(C)C1C. The Morgan fingerprint density at radius 1 is 1.50 bits per heavy atom. The van der Waals surface area contributed by atoms with Crippen molar-refractivity contribution in [3.05, 3.63) is 0 Å². The lowest BCUT2D eigenvalue weighted by Gasteiger charge is -2.52. The highest BCUT2D eigenvalue weighted by molar-refractivity contribution is 5.01. The molecule has 0 heterocycles. The molecule has 0 aromatic heterocycles. The molecule has 1 rings (SSSR count). The molecular weight excluding hydrogens is 148 g/mol. The van der Waals surface area contributed by atoms with Crippen molar-refractivity contribution in [3.63, 3.8) is 0 Å². The van der Waals surface area contributed by atoms with E-state index in [-0.39, 0.29) is 5.60 Å². The second kappa shape index (κ2) is 3.37. The van der Waals surface area contributed by atoms with E-state index in [1.54, 1.807) is 0 Å². The van der Waals surface area contributed by atoms with Crippen molar-refractivity contribution in [2.75, 3.05) is 0 Å². The smallest absolute Gasteiger partial charge is 0.0703 e. The number of rotatable bonds is 3. The van der Waals surface area contributed by atoms with E-state index < -0.39 is 0 Å². The lowest BCUT2D eigenvalue weighted by Crippen LogP contribution is -2.55. The quantitative estimate of drug-likeness (QED) is 0.690. The average molecular weight is 170 g/mol. The molecule has 0 aromatic rings. The van der Waals surface area contributed by atoms with E-state index in [4.69, 9.17) is 0 Å². The Labute approximate surface area is 76.2 Å². The Bertz CT molecular complexity index is 155. The fourth-order valence-electron chi connectivity index (χ4n) is 2.54. The first kappa shape index (κ1) is 10.0. The first-order valence-corrected chi connectivity index (χ1v) is 5.24. The molecule has 4 unspecified atom stereocenters. The fourth-order valence-corrected chi connectivity index (χ4v) is 2.54. The summed E-state index contributed by atoms with van der Waals surface area (Å²) in [6.45, 7) is 8.79. The molecule has 1 aliphatic carbocycles. The van der Waals surface area contributed by atoms with Crippen LogP contribution in [0.1, 0.15) is 47.0 Å². The Balaban J connectivity index is 2.50. The molecule has 0 aromatic carbocycles. The summed E-state index contributed by atoms with van der Waals surface area (Å²) in [5, 5.41) is 10.2. The highest BCUT2D eigenvalue weighted by Gasteiger charge is 2.50. The molecule has 1 N–H and O–H groups in total.